The van der Waals surface area contributed by atoms with Crippen molar-refractivity contribution in [2.45, 2.75) is 5.60 Å². The molecule has 1 fully saturated rings. The van der Waals surface area contributed by atoms with Gasteiger partial charge in [0.1, 0.15) is 6.07 Å². The van der Waals surface area contributed by atoms with Crippen LogP contribution in [0.4, 0.5) is 0 Å². The van der Waals surface area contributed by atoms with Crippen LogP contribution in [0.15, 0.2) is 0 Å². The first-order valence-electron chi connectivity index (χ1n) is 2.48. The number of likely N-dealkylation sites (N-methyl/N-ethyl adjacent to an activating group) is 1. The van der Waals surface area contributed by atoms with Gasteiger partial charge in [0, 0.05) is 13.1 Å². The summed E-state index contributed by atoms with van der Waals surface area (Å²) in [5, 5.41) is 17.2. The summed E-state index contributed by atoms with van der Waals surface area (Å²) in [4.78, 5) is 1.89. The van der Waals surface area contributed by atoms with E-state index in [9.17, 15) is 0 Å². The second-order valence-electron chi connectivity index (χ2n) is 2.32. The zero-order valence-corrected chi connectivity index (χ0v) is 4.76. The summed E-state index contributed by atoms with van der Waals surface area (Å²) in [6.07, 6.45) is 0. The van der Waals surface area contributed by atoms with Crippen molar-refractivity contribution in [2.24, 2.45) is 0 Å². The lowest BCUT2D eigenvalue weighted by molar-refractivity contribution is -0.0404. The molecule has 0 aromatic carbocycles. The third-order valence-corrected chi connectivity index (χ3v) is 1.27. The third-order valence-electron chi connectivity index (χ3n) is 1.27. The molecule has 0 atom stereocenters. The lowest BCUT2D eigenvalue weighted by Gasteiger charge is -2.38. The highest BCUT2D eigenvalue weighted by Gasteiger charge is 2.38. The smallest absolute Gasteiger partial charge is 0.176 e. The monoisotopic (exact) mass is 112 g/mol. The van der Waals surface area contributed by atoms with Crippen LogP contribution in [0.5, 0.6) is 0 Å². The zero-order valence-electron chi connectivity index (χ0n) is 4.76. The molecular formula is C5H8N2O. The Morgan fingerprint density at radius 3 is 2.38 bits per heavy atom. The summed E-state index contributed by atoms with van der Waals surface area (Å²) < 4.78 is 0. The van der Waals surface area contributed by atoms with Crippen LogP contribution in [0.25, 0.3) is 0 Å². The Morgan fingerprint density at radius 1 is 1.75 bits per heavy atom. The van der Waals surface area contributed by atoms with E-state index in [-0.39, 0.29) is 0 Å². The molecule has 0 saturated carbocycles. The first-order chi connectivity index (χ1) is 3.66. The summed E-state index contributed by atoms with van der Waals surface area (Å²) in [5.41, 5.74) is -1.03. The molecule has 44 valence electrons. The van der Waals surface area contributed by atoms with E-state index in [2.05, 4.69) is 0 Å². The standard InChI is InChI=1S/C5H8N2O/c1-7-3-5(8,2-6)4-7/h8H,3-4H2,1H3. The maximum Gasteiger partial charge on any atom is 0.176 e. The van der Waals surface area contributed by atoms with Crippen LogP contribution in [0, 0.1) is 11.3 Å². The Bertz CT molecular complexity index is 132. The predicted octanol–water partition coefficient (Wildman–Crippen LogP) is -0.814. The molecule has 0 radical (unpaired) electrons. The Hall–Kier alpha value is -0.590. The maximum absolute atomic E-state index is 8.99. The zero-order chi connectivity index (χ0) is 6.20. The number of aliphatic hydroxyl groups is 1. The Kier molecular flexibility index (Phi) is 0.999. The topological polar surface area (TPSA) is 47.3 Å². The van der Waals surface area contributed by atoms with Crippen LogP contribution in [0.2, 0.25) is 0 Å². The second kappa shape index (κ2) is 1.44. The highest BCUT2D eigenvalue weighted by molar-refractivity contribution is 5.10. The van der Waals surface area contributed by atoms with E-state index >= 15 is 0 Å². The summed E-state index contributed by atoms with van der Waals surface area (Å²) in [5.74, 6) is 0. The Labute approximate surface area is 48.1 Å². The minimum absolute atomic E-state index is 0.490. The van der Waals surface area contributed by atoms with Crippen LogP contribution in [0.1, 0.15) is 0 Å². The summed E-state index contributed by atoms with van der Waals surface area (Å²) >= 11 is 0. The first kappa shape index (κ1) is 5.54. The minimum Gasteiger partial charge on any atom is -0.373 e. The molecule has 0 amide bonds. The fourth-order valence-corrected chi connectivity index (χ4v) is 0.917. The fourth-order valence-electron chi connectivity index (χ4n) is 0.917. The first-order valence-corrected chi connectivity index (χ1v) is 2.48. The Balaban J connectivity index is 2.44. The van der Waals surface area contributed by atoms with Gasteiger partial charge in [-0.3, -0.25) is 4.90 Å². The van der Waals surface area contributed by atoms with Crippen molar-refractivity contribution in [2.75, 3.05) is 20.1 Å². The number of hydrogen-bond acceptors (Lipinski definition) is 3. The lowest BCUT2D eigenvalue weighted by Crippen LogP contribution is -2.58. The van der Waals surface area contributed by atoms with Crippen molar-refractivity contribution in [3.05, 3.63) is 0 Å². The van der Waals surface area contributed by atoms with Gasteiger partial charge < -0.3 is 5.11 Å². The van der Waals surface area contributed by atoms with Crippen LogP contribution >= 0.6 is 0 Å². The Morgan fingerprint density at radius 2 is 2.25 bits per heavy atom. The number of likely N-dealkylation sites (tertiary alicyclic amines) is 1. The van der Waals surface area contributed by atoms with Gasteiger partial charge in [-0.25, -0.2) is 0 Å². The molecule has 1 rings (SSSR count). The van der Waals surface area contributed by atoms with Crippen molar-refractivity contribution in [3.8, 4) is 6.07 Å². The van der Waals surface area contributed by atoms with Crippen LogP contribution in [-0.2, 0) is 0 Å². The minimum atomic E-state index is -1.03. The average molecular weight is 112 g/mol. The van der Waals surface area contributed by atoms with Gasteiger partial charge in [-0.2, -0.15) is 5.26 Å². The van der Waals surface area contributed by atoms with Gasteiger partial charge in [0.05, 0.1) is 0 Å². The SMILES string of the molecule is CN1CC(O)(C#N)C1. The van der Waals surface area contributed by atoms with Gasteiger partial charge in [0.2, 0.25) is 0 Å². The molecule has 8 heavy (non-hydrogen) atoms. The number of β-amino-alcohol motifs (C(OH)–C–C–N with tert-alkyl or cyclic N) is 1. The van der Waals surface area contributed by atoms with Gasteiger partial charge in [0.15, 0.2) is 5.60 Å². The molecule has 1 aliphatic heterocycles. The van der Waals surface area contributed by atoms with Crippen molar-refractivity contribution < 1.29 is 5.11 Å². The fraction of sp³-hybridized carbons (Fsp3) is 0.800. The van der Waals surface area contributed by atoms with Gasteiger partial charge in [-0.1, -0.05) is 0 Å². The molecular weight excluding hydrogens is 104 g/mol. The average Bonchev–Trinajstić information content (AvgIpc) is 1.63. The molecule has 3 nitrogen and oxygen atoms in total. The summed E-state index contributed by atoms with van der Waals surface area (Å²) in [7, 11) is 1.87. The summed E-state index contributed by atoms with van der Waals surface area (Å²) in [6, 6.07) is 1.82. The van der Waals surface area contributed by atoms with E-state index in [0.29, 0.717) is 13.1 Å². The number of rotatable bonds is 0. The van der Waals surface area contributed by atoms with Gasteiger partial charge >= 0.3 is 0 Å². The molecule has 0 aromatic heterocycles. The normalized spacial score (nSPS) is 26.1. The lowest BCUT2D eigenvalue weighted by atomic mass is 9.98. The molecule has 1 saturated heterocycles. The van der Waals surface area contributed by atoms with Crippen LogP contribution < -0.4 is 0 Å². The highest BCUT2D eigenvalue weighted by Crippen LogP contribution is 2.16. The van der Waals surface area contributed by atoms with E-state index in [1.165, 1.54) is 0 Å². The van der Waals surface area contributed by atoms with E-state index in [1.807, 2.05) is 18.0 Å². The number of nitriles is 1. The van der Waals surface area contributed by atoms with E-state index < -0.39 is 5.60 Å². The summed E-state index contributed by atoms with van der Waals surface area (Å²) in [6.45, 7) is 0.979. The highest BCUT2D eigenvalue weighted by atomic mass is 16.3. The van der Waals surface area contributed by atoms with Crippen LogP contribution in [0.3, 0.4) is 0 Å². The molecule has 1 N–H and O–H groups in total. The van der Waals surface area contributed by atoms with Gasteiger partial charge in [-0.05, 0) is 7.05 Å². The quantitative estimate of drug-likeness (QED) is 0.417. The number of hydrogen-bond donors (Lipinski definition) is 1. The van der Waals surface area contributed by atoms with Crippen molar-refractivity contribution >= 4 is 0 Å². The van der Waals surface area contributed by atoms with E-state index in [1.54, 1.807) is 0 Å². The molecule has 0 aliphatic carbocycles. The molecule has 0 spiro atoms. The van der Waals surface area contributed by atoms with Crippen molar-refractivity contribution in [1.29, 1.82) is 5.26 Å². The van der Waals surface area contributed by atoms with Crippen molar-refractivity contribution in [1.82, 2.24) is 4.90 Å². The van der Waals surface area contributed by atoms with Gasteiger partial charge in [-0.15, -0.1) is 0 Å². The van der Waals surface area contributed by atoms with Crippen LogP contribution in [-0.4, -0.2) is 35.7 Å². The maximum atomic E-state index is 8.99. The molecule has 1 aliphatic rings. The predicted molar refractivity (Wildman–Crippen MR) is 28.1 cm³/mol. The molecule has 0 unspecified atom stereocenters. The number of nitrogens with zero attached hydrogens (tertiary/aromatic N) is 2. The van der Waals surface area contributed by atoms with E-state index in [0.717, 1.165) is 0 Å². The van der Waals surface area contributed by atoms with Crippen molar-refractivity contribution in [3.63, 3.8) is 0 Å². The largest absolute Gasteiger partial charge is 0.373 e. The molecule has 3 heteroatoms. The third kappa shape index (κ3) is 0.683. The van der Waals surface area contributed by atoms with Gasteiger partial charge in [0.25, 0.3) is 0 Å². The molecule has 0 aromatic rings. The molecule has 0 bridgehead atoms. The van der Waals surface area contributed by atoms with E-state index in [4.69, 9.17) is 10.4 Å². The molecule has 1 heterocycles. The second-order valence-corrected chi connectivity index (χ2v) is 2.32.